The predicted octanol–water partition coefficient (Wildman–Crippen LogP) is 3.12. The molecule has 4 heteroatoms. The van der Waals surface area contributed by atoms with Crippen LogP contribution in [0, 0.1) is 0 Å². The number of aliphatic carboxylic acids is 1. The maximum atomic E-state index is 10.9. The van der Waals surface area contributed by atoms with Gasteiger partial charge in [-0.1, -0.05) is 43.0 Å². The maximum absolute atomic E-state index is 10.9. The van der Waals surface area contributed by atoms with Crippen LogP contribution in [0.25, 0.3) is 0 Å². The summed E-state index contributed by atoms with van der Waals surface area (Å²) in [5, 5.41) is 7.83. The first-order valence-corrected chi connectivity index (χ1v) is 5.74. The van der Waals surface area contributed by atoms with E-state index >= 15 is 0 Å². The van der Waals surface area contributed by atoms with Crippen molar-refractivity contribution in [2.75, 3.05) is 0 Å². The Balaban J connectivity index is 0.000000459. The molecule has 0 spiro atoms. The van der Waals surface area contributed by atoms with Gasteiger partial charge < -0.3 is 9.84 Å². The highest BCUT2D eigenvalue weighted by Crippen LogP contribution is 2.15. The normalized spacial score (nSPS) is 11.1. The van der Waals surface area contributed by atoms with Crippen LogP contribution in [0.5, 0.6) is 0 Å². The number of carboxylic acid groups (broad SMARTS) is 1. The number of carbonyl (C=O) groups is 2. The number of hydrogen-bond donors (Lipinski definition) is 1. The summed E-state index contributed by atoms with van der Waals surface area (Å²) >= 11 is 0. The maximum Gasteiger partial charge on any atom is 0.330 e. The second kappa shape index (κ2) is 9.65. The molecule has 0 saturated heterocycles. The lowest BCUT2D eigenvalue weighted by Gasteiger charge is -2.11. The van der Waals surface area contributed by atoms with Crippen molar-refractivity contribution >= 4 is 11.9 Å². The van der Waals surface area contributed by atoms with Crippen molar-refractivity contribution in [3.8, 4) is 0 Å². The van der Waals surface area contributed by atoms with Gasteiger partial charge in [-0.2, -0.15) is 0 Å². The minimum Gasteiger partial charge on any atom is -0.478 e. The van der Waals surface area contributed by atoms with Gasteiger partial charge >= 0.3 is 11.9 Å². The van der Waals surface area contributed by atoms with E-state index in [0.717, 1.165) is 11.6 Å². The van der Waals surface area contributed by atoms with E-state index in [-0.39, 0.29) is 6.10 Å². The van der Waals surface area contributed by atoms with Gasteiger partial charge in [0.15, 0.2) is 0 Å². The molecule has 1 N–H and O–H groups in total. The van der Waals surface area contributed by atoms with Crippen molar-refractivity contribution in [3.05, 3.63) is 60.7 Å². The lowest BCUT2D eigenvalue weighted by molar-refractivity contribution is -0.142. The third-order valence-corrected chi connectivity index (χ3v) is 2.04. The topological polar surface area (TPSA) is 63.6 Å². The molecule has 1 aromatic carbocycles. The first kappa shape index (κ1) is 16.6. The molecule has 4 nitrogen and oxygen atoms in total. The number of benzene rings is 1. The quantitative estimate of drug-likeness (QED) is 0.669. The number of allylic oxidation sites excluding steroid dienone is 1. The monoisotopic (exact) mass is 262 g/mol. The van der Waals surface area contributed by atoms with E-state index in [4.69, 9.17) is 9.84 Å². The zero-order valence-electron chi connectivity index (χ0n) is 11.1. The lowest BCUT2D eigenvalue weighted by atomic mass is 10.1. The molecule has 0 aromatic heterocycles. The Morgan fingerprint density at radius 2 is 1.89 bits per heavy atom. The van der Waals surface area contributed by atoms with Crippen molar-refractivity contribution in [2.45, 2.75) is 20.0 Å². The van der Waals surface area contributed by atoms with Gasteiger partial charge in [-0.3, -0.25) is 0 Å². The van der Waals surface area contributed by atoms with E-state index in [1.54, 1.807) is 6.92 Å². The molecule has 1 atom stereocenters. The van der Waals surface area contributed by atoms with Crippen LogP contribution >= 0.6 is 0 Å². The molecule has 102 valence electrons. The Hall–Kier alpha value is -2.36. The Bertz CT molecular complexity index is 435. The summed E-state index contributed by atoms with van der Waals surface area (Å²) in [6, 6.07) is 9.58. The van der Waals surface area contributed by atoms with E-state index in [1.165, 1.54) is 12.2 Å². The lowest BCUT2D eigenvalue weighted by Crippen LogP contribution is -2.05. The number of hydrogen-bond acceptors (Lipinski definition) is 3. The Morgan fingerprint density at radius 3 is 2.26 bits per heavy atom. The third-order valence-electron chi connectivity index (χ3n) is 2.04. The minimum atomic E-state index is -0.891. The molecular formula is C15H18O4. The second-order valence-electron chi connectivity index (χ2n) is 3.53. The van der Waals surface area contributed by atoms with Crippen molar-refractivity contribution < 1.29 is 19.4 Å². The van der Waals surface area contributed by atoms with Crippen molar-refractivity contribution in [1.29, 1.82) is 0 Å². The van der Waals surface area contributed by atoms with Crippen LogP contribution in [0.15, 0.2) is 55.1 Å². The van der Waals surface area contributed by atoms with E-state index in [0.29, 0.717) is 0 Å². The average molecular weight is 262 g/mol. The largest absolute Gasteiger partial charge is 0.478 e. The Kier molecular flexibility index (Phi) is 8.45. The third kappa shape index (κ3) is 8.37. The van der Waals surface area contributed by atoms with Crippen LogP contribution in [0.2, 0.25) is 0 Å². The zero-order chi connectivity index (χ0) is 14.7. The highest BCUT2D eigenvalue weighted by atomic mass is 16.5. The van der Waals surface area contributed by atoms with Crippen LogP contribution < -0.4 is 0 Å². The summed E-state index contributed by atoms with van der Waals surface area (Å²) < 4.78 is 5.03. The van der Waals surface area contributed by atoms with Gasteiger partial charge in [-0.15, -0.1) is 0 Å². The van der Waals surface area contributed by atoms with Crippen molar-refractivity contribution in [1.82, 2.24) is 0 Å². The highest BCUT2D eigenvalue weighted by Gasteiger charge is 2.07. The molecule has 0 radical (unpaired) electrons. The molecule has 1 unspecified atom stereocenters. The van der Waals surface area contributed by atoms with Crippen LogP contribution in [0.3, 0.4) is 0 Å². The number of ether oxygens (including phenoxy) is 1. The van der Waals surface area contributed by atoms with Gasteiger partial charge in [0.1, 0.15) is 6.10 Å². The zero-order valence-corrected chi connectivity index (χ0v) is 11.1. The molecular weight excluding hydrogens is 244 g/mol. The molecule has 0 fully saturated rings. The molecule has 1 rings (SSSR count). The molecule has 0 bridgehead atoms. The molecule has 0 aliphatic heterocycles. The summed E-state index contributed by atoms with van der Waals surface area (Å²) in [6.45, 7) is 6.82. The van der Waals surface area contributed by atoms with Gasteiger partial charge in [0.25, 0.3) is 0 Å². The molecule has 19 heavy (non-hydrogen) atoms. The Morgan fingerprint density at radius 1 is 1.32 bits per heavy atom. The highest BCUT2D eigenvalue weighted by molar-refractivity contribution is 5.81. The van der Waals surface area contributed by atoms with Crippen LogP contribution in [-0.2, 0) is 14.3 Å². The summed E-state index contributed by atoms with van der Waals surface area (Å²) in [4.78, 5) is 20.4. The minimum absolute atomic E-state index is 0.216. The fourth-order valence-corrected chi connectivity index (χ4v) is 1.16. The van der Waals surface area contributed by atoms with Crippen molar-refractivity contribution in [3.63, 3.8) is 0 Å². The van der Waals surface area contributed by atoms with Crippen LogP contribution in [0.4, 0.5) is 0 Å². The summed E-state index contributed by atoms with van der Waals surface area (Å²) in [5.41, 5.74) is 0.984. The van der Waals surface area contributed by atoms with Gasteiger partial charge in [0.05, 0.1) is 0 Å². The fourth-order valence-electron chi connectivity index (χ4n) is 1.16. The number of carboxylic acids is 1. The smallest absolute Gasteiger partial charge is 0.330 e. The van der Waals surface area contributed by atoms with Gasteiger partial charge in [-0.25, -0.2) is 9.59 Å². The average Bonchev–Trinajstić information content (AvgIpc) is 2.40. The first-order valence-electron chi connectivity index (χ1n) is 5.74. The molecule has 1 aromatic rings. The van der Waals surface area contributed by atoms with Gasteiger partial charge in [0, 0.05) is 12.2 Å². The van der Waals surface area contributed by atoms with Crippen molar-refractivity contribution in [2.24, 2.45) is 0 Å². The van der Waals surface area contributed by atoms with Crippen LogP contribution in [0.1, 0.15) is 25.5 Å². The number of rotatable bonds is 4. The fraction of sp³-hybridized carbons (Fsp3) is 0.200. The molecule has 0 amide bonds. The summed E-state index contributed by atoms with van der Waals surface area (Å²) in [7, 11) is 0. The van der Waals surface area contributed by atoms with E-state index in [1.807, 2.05) is 37.3 Å². The van der Waals surface area contributed by atoms with Gasteiger partial charge in [-0.05, 0) is 19.4 Å². The first-order chi connectivity index (χ1) is 9.01. The molecule has 0 saturated carbocycles. The van der Waals surface area contributed by atoms with Gasteiger partial charge in [0.2, 0.25) is 0 Å². The molecule has 0 aliphatic rings. The van der Waals surface area contributed by atoms with E-state index in [2.05, 4.69) is 6.58 Å². The summed E-state index contributed by atoms with van der Waals surface area (Å²) in [6.07, 6.45) is 3.51. The van der Waals surface area contributed by atoms with E-state index in [9.17, 15) is 9.59 Å². The molecule has 0 aliphatic carbocycles. The SMILES string of the molecule is C/C=C/C(=O)O.C=CC(=O)OC(C)c1ccccc1. The van der Waals surface area contributed by atoms with E-state index < -0.39 is 11.9 Å². The molecule has 0 heterocycles. The second-order valence-corrected chi connectivity index (χ2v) is 3.53. The number of esters is 1. The number of carbonyl (C=O) groups excluding carboxylic acids is 1. The predicted molar refractivity (Wildman–Crippen MR) is 73.6 cm³/mol. The van der Waals surface area contributed by atoms with Crippen LogP contribution in [-0.4, -0.2) is 17.0 Å². The Labute approximate surface area is 113 Å². The standard InChI is InChI=1S/C11H12O2.C4H6O2/c1-3-11(12)13-9(2)10-7-5-4-6-8-10;1-2-3-4(5)6/h3-9H,1H2,2H3;2-3H,1H3,(H,5,6)/b;3-2+. The summed E-state index contributed by atoms with van der Waals surface area (Å²) in [5.74, 6) is -1.28.